The zero-order valence-corrected chi connectivity index (χ0v) is 22.6. The third kappa shape index (κ3) is 7.52. The normalized spacial score (nSPS) is 11.3. The van der Waals surface area contributed by atoms with Gasteiger partial charge >= 0.3 is 12.2 Å². The molecule has 0 aliphatic rings. The topological polar surface area (TPSA) is 120 Å². The van der Waals surface area contributed by atoms with Gasteiger partial charge in [0.15, 0.2) is 0 Å². The number of nitrogens with zero attached hydrogens (tertiary/aromatic N) is 3. The summed E-state index contributed by atoms with van der Waals surface area (Å²) in [5, 5.41) is 2.83. The molecule has 0 radical (unpaired) electrons. The van der Waals surface area contributed by atoms with E-state index in [1.54, 1.807) is 96.1 Å². The second kappa shape index (κ2) is 11.3. The van der Waals surface area contributed by atoms with E-state index in [4.69, 9.17) is 14.2 Å². The molecular weight excluding hydrogens is 488 g/mol. The van der Waals surface area contributed by atoms with E-state index in [2.05, 4.69) is 15.3 Å². The van der Waals surface area contributed by atoms with E-state index in [0.717, 1.165) is 0 Å². The number of ether oxygens (including phenoxy) is 3. The molecule has 0 fully saturated rings. The minimum atomic E-state index is -0.960. The van der Waals surface area contributed by atoms with E-state index < -0.39 is 23.4 Å². The average Bonchev–Trinajstić information content (AvgIpc) is 2.82. The Balaban J connectivity index is 1.86. The molecule has 1 heterocycles. The summed E-state index contributed by atoms with van der Waals surface area (Å²) in [6, 6.07) is 15.5. The molecular formula is C28H32N4O6. The molecule has 3 amide bonds. The number of carbonyl (C=O) groups excluding carboxylic acids is 3. The number of benzene rings is 2. The van der Waals surface area contributed by atoms with Crippen molar-refractivity contribution < 1.29 is 28.6 Å². The molecule has 2 aromatic carbocycles. The van der Waals surface area contributed by atoms with Crippen LogP contribution < -0.4 is 15.0 Å². The molecule has 0 aliphatic carbocycles. The number of hydrogen-bond donors (Lipinski definition) is 1. The lowest BCUT2D eigenvalue weighted by Gasteiger charge is -2.27. The first kappa shape index (κ1) is 28.1. The van der Waals surface area contributed by atoms with Gasteiger partial charge in [-0.05, 0) is 71.9 Å². The van der Waals surface area contributed by atoms with Crippen molar-refractivity contribution >= 4 is 29.7 Å². The van der Waals surface area contributed by atoms with Gasteiger partial charge in [-0.1, -0.05) is 24.3 Å². The number of nitrogens with one attached hydrogen (secondary N) is 1. The quantitative estimate of drug-likeness (QED) is 0.430. The SMILES string of the molecule is COc1ccccc1C(=O)Nc1ccc(-c2ccnc(N(C(=O)OC(C)(C)C)C(=O)OC(C)(C)C)n2)cc1. The highest BCUT2D eigenvalue weighted by atomic mass is 16.6. The largest absolute Gasteiger partial charge is 0.496 e. The average molecular weight is 521 g/mol. The Morgan fingerprint density at radius 2 is 1.39 bits per heavy atom. The summed E-state index contributed by atoms with van der Waals surface area (Å²) in [4.78, 5) is 47.7. The number of para-hydroxylation sites is 1. The molecule has 0 atom stereocenters. The molecule has 200 valence electrons. The molecule has 38 heavy (non-hydrogen) atoms. The van der Waals surface area contributed by atoms with Crippen molar-refractivity contribution in [3.8, 4) is 17.0 Å². The molecule has 0 bridgehead atoms. The molecule has 0 saturated heterocycles. The molecule has 0 unspecified atom stereocenters. The zero-order chi connectivity index (χ0) is 28.1. The Morgan fingerprint density at radius 3 is 1.95 bits per heavy atom. The lowest BCUT2D eigenvalue weighted by atomic mass is 10.1. The minimum Gasteiger partial charge on any atom is -0.496 e. The maximum atomic E-state index is 12.9. The predicted octanol–water partition coefficient (Wildman–Crippen LogP) is 6.08. The van der Waals surface area contributed by atoms with E-state index in [1.807, 2.05) is 0 Å². The number of anilines is 2. The summed E-state index contributed by atoms with van der Waals surface area (Å²) in [6.45, 7) is 10.1. The van der Waals surface area contributed by atoms with Crippen LogP contribution in [0.25, 0.3) is 11.3 Å². The van der Waals surface area contributed by atoms with Gasteiger partial charge in [-0.3, -0.25) is 4.79 Å². The van der Waals surface area contributed by atoms with E-state index in [1.165, 1.54) is 13.3 Å². The monoisotopic (exact) mass is 520 g/mol. The van der Waals surface area contributed by atoms with Crippen LogP contribution in [0.5, 0.6) is 5.75 Å². The number of carbonyl (C=O) groups is 3. The molecule has 10 nitrogen and oxygen atoms in total. The van der Waals surface area contributed by atoms with Gasteiger partial charge in [0.1, 0.15) is 17.0 Å². The van der Waals surface area contributed by atoms with Crippen LogP contribution in [0.2, 0.25) is 0 Å². The van der Waals surface area contributed by atoms with Crippen molar-refractivity contribution in [1.29, 1.82) is 0 Å². The van der Waals surface area contributed by atoms with Crippen LogP contribution in [-0.4, -0.2) is 46.4 Å². The molecule has 10 heteroatoms. The first-order chi connectivity index (χ1) is 17.8. The summed E-state index contributed by atoms with van der Waals surface area (Å²) in [6.07, 6.45) is -0.492. The molecule has 3 rings (SSSR count). The molecule has 1 aromatic heterocycles. The first-order valence-corrected chi connectivity index (χ1v) is 11.9. The smallest absolute Gasteiger partial charge is 0.427 e. The van der Waals surface area contributed by atoms with Crippen molar-refractivity contribution in [2.45, 2.75) is 52.7 Å². The van der Waals surface area contributed by atoms with Gasteiger partial charge in [-0.25, -0.2) is 19.6 Å². The number of aromatic nitrogens is 2. The van der Waals surface area contributed by atoms with Crippen LogP contribution in [0.4, 0.5) is 21.2 Å². The summed E-state index contributed by atoms with van der Waals surface area (Å²) in [5.41, 5.74) is 0.344. The number of methoxy groups -OCH3 is 1. The number of rotatable bonds is 5. The molecule has 3 aromatic rings. The Kier molecular flexibility index (Phi) is 8.35. The number of imide groups is 1. The van der Waals surface area contributed by atoms with Crippen LogP contribution >= 0.6 is 0 Å². The van der Waals surface area contributed by atoms with Crippen molar-refractivity contribution in [2.75, 3.05) is 17.3 Å². The van der Waals surface area contributed by atoms with Gasteiger partial charge in [0.05, 0.1) is 18.4 Å². The molecule has 0 saturated carbocycles. The highest BCUT2D eigenvalue weighted by molar-refractivity contribution is 6.08. The van der Waals surface area contributed by atoms with Crippen LogP contribution in [0.1, 0.15) is 51.9 Å². The Morgan fingerprint density at radius 1 is 0.816 bits per heavy atom. The Labute approximate surface area is 221 Å². The van der Waals surface area contributed by atoms with Crippen LogP contribution in [0.15, 0.2) is 60.8 Å². The van der Waals surface area contributed by atoms with Gasteiger partial charge in [0, 0.05) is 17.4 Å². The fourth-order valence-electron chi connectivity index (χ4n) is 3.22. The minimum absolute atomic E-state index is 0.195. The summed E-state index contributed by atoms with van der Waals surface area (Å²) >= 11 is 0. The fourth-order valence-corrected chi connectivity index (χ4v) is 3.22. The Bertz CT molecular complexity index is 1280. The van der Waals surface area contributed by atoms with Gasteiger partial charge in [0.25, 0.3) is 5.91 Å². The van der Waals surface area contributed by atoms with Crippen LogP contribution in [0, 0.1) is 0 Å². The third-order valence-electron chi connectivity index (χ3n) is 4.79. The van der Waals surface area contributed by atoms with Gasteiger partial charge in [-0.2, -0.15) is 0 Å². The standard InChI is InChI=1S/C28H32N4O6/c1-27(2,3)37-25(34)32(26(35)38-28(4,5)6)24-29-17-16-21(31-24)18-12-14-19(15-13-18)30-23(33)20-10-8-9-11-22(20)36-7/h8-17H,1-7H3,(H,30,33). The van der Waals surface area contributed by atoms with E-state index in [-0.39, 0.29) is 11.9 Å². The highest BCUT2D eigenvalue weighted by Gasteiger charge is 2.34. The van der Waals surface area contributed by atoms with E-state index in [0.29, 0.717) is 33.2 Å². The van der Waals surface area contributed by atoms with Crippen LogP contribution in [0.3, 0.4) is 0 Å². The van der Waals surface area contributed by atoms with Gasteiger partial charge in [0.2, 0.25) is 5.95 Å². The fraction of sp³-hybridized carbons (Fsp3) is 0.321. The van der Waals surface area contributed by atoms with Crippen molar-refractivity contribution in [3.63, 3.8) is 0 Å². The van der Waals surface area contributed by atoms with Crippen molar-refractivity contribution in [3.05, 3.63) is 66.4 Å². The van der Waals surface area contributed by atoms with Gasteiger partial charge in [-0.15, -0.1) is 4.90 Å². The summed E-state index contributed by atoms with van der Waals surface area (Å²) in [7, 11) is 1.50. The van der Waals surface area contributed by atoms with E-state index in [9.17, 15) is 14.4 Å². The summed E-state index contributed by atoms with van der Waals surface area (Å²) in [5.74, 6) is -0.0425. The summed E-state index contributed by atoms with van der Waals surface area (Å²) < 4.78 is 16.0. The third-order valence-corrected chi connectivity index (χ3v) is 4.79. The van der Waals surface area contributed by atoms with E-state index >= 15 is 0 Å². The Hall–Kier alpha value is -4.47. The maximum Gasteiger partial charge on any atom is 0.427 e. The lowest BCUT2D eigenvalue weighted by molar-refractivity contribution is 0.0427. The van der Waals surface area contributed by atoms with Crippen molar-refractivity contribution in [2.24, 2.45) is 0 Å². The molecule has 0 spiro atoms. The van der Waals surface area contributed by atoms with Crippen LogP contribution in [-0.2, 0) is 9.47 Å². The first-order valence-electron chi connectivity index (χ1n) is 11.9. The molecule has 0 aliphatic heterocycles. The zero-order valence-electron chi connectivity index (χ0n) is 22.6. The second-order valence-corrected chi connectivity index (χ2v) is 10.3. The lowest BCUT2D eigenvalue weighted by Crippen LogP contribution is -2.44. The predicted molar refractivity (Wildman–Crippen MR) is 143 cm³/mol. The molecule has 1 N–H and O–H groups in total. The number of amides is 3. The van der Waals surface area contributed by atoms with Gasteiger partial charge < -0.3 is 19.5 Å². The maximum absolute atomic E-state index is 12.9. The number of hydrogen-bond acceptors (Lipinski definition) is 8. The highest BCUT2D eigenvalue weighted by Crippen LogP contribution is 2.25. The van der Waals surface area contributed by atoms with Crippen molar-refractivity contribution in [1.82, 2.24) is 9.97 Å². The second-order valence-electron chi connectivity index (χ2n) is 10.3.